The van der Waals surface area contributed by atoms with Crippen molar-refractivity contribution >= 4 is 5.78 Å². The third-order valence-corrected chi connectivity index (χ3v) is 3.00. The number of nitrogens with zero attached hydrogens (tertiary/aromatic N) is 1. The van der Waals surface area contributed by atoms with Gasteiger partial charge in [-0.2, -0.15) is 0 Å². The van der Waals surface area contributed by atoms with E-state index in [2.05, 4.69) is 0 Å². The van der Waals surface area contributed by atoms with Crippen LogP contribution in [0.2, 0.25) is 0 Å². The maximum absolute atomic E-state index is 13.1. The van der Waals surface area contributed by atoms with Crippen LogP contribution in [0.3, 0.4) is 0 Å². The second-order valence-electron chi connectivity index (χ2n) is 4.51. The lowest BCUT2D eigenvalue weighted by molar-refractivity contribution is 0.0970. The molecule has 0 aliphatic heterocycles. The molecule has 4 heteroatoms. The van der Waals surface area contributed by atoms with Gasteiger partial charge in [-0.3, -0.25) is 9.59 Å². The van der Waals surface area contributed by atoms with Gasteiger partial charge in [0, 0.05) is 17.3 Å². The summed E-state index contributed by atoms with van der Waals surface area (Å²) in [6.45, 7) is 3.27. The fraction of sp³-hybridized carbons (Fsp3) is 0.200. The Morgan fingerprint density at radius 3 is 2.63 bits per heavy atom. The third kappa shape index (κ3) is 2.78. The number of rotatable bonds is 3. The number of hydrogen-bond donors (Lipinski definition) is 0. The van der Waals surface area contributed by atoms with Gasteiger partial charge in [-0.1, -0.05) is 6.07 Å². The molecule has 98 valence electrons. The van der Waals surface area contributed by atoms with E-state index in [0.29, 0.717) is 16.7 Å². The first-order valence-electron chi connectivity index (χ1n) is 5.94. The summed E-state index contributed by atoms with van der Waals surface area (Å²) >= 11 is 0. The lowest BCUT2D eigenvalue weighted by atomic mass is 10.1. The van der Waals surface area contributed by atoms with Gasteiger partial charge in [0.05, 0.1) is 6.54 Å². The Morgan fingerprint density at radius 2 is 1.95 bits per heavy atom. The van der Waals surface area contributed by atoms with E-state index in [1.54, 1.807) is 32.2 Å². The molecule has 0 unspecified atom stereocenters. The molecule has 0 amide bonds. The highest BCUT2D eigenvalue weighted by molar-refractivity contribution is 5.96. The highest BCUT2D eigenvalue weighted by atomic mass is 19.1. The number of aromatic nitrogens is 1. The molecule has 1 heterocycles. The van der Waals surface area contributed by atoms with Gasteiger partial charge in [-0.15, -0.1) is 0 Å². The molecule has 0 radical (unpaired) electrons. The van der Waals surface area contributed by atoms with Crippen molar-refractivity contribution in [3.63, 3.8) is 0 Å². The summed E-state index contributed by atoms with van der Waals surface area (Å²) in [5, 5.41) is 0. The lowest BCUT2D eigenvalue weighted by Gasteiger charge is -2.06. The van der Waals surface area contributed by atoms with Crippen LogP contribution in [0.1, 0.15) is 21.5 Å². The van der Waals surface area contributed by atoms with Crippen LogP contribution in [0.4, 0.5) is 4.39 Å². The molecular formula is C15H14FNO2. The fourth-order valence-corrected chi connectivity index (χ4v) is 1.85. The van der Waals surface area contributed by atoms with E-state index in [1.165, 1.54) is 22.8 Å². The van der Waals surface area contributed by atoms with E-state index in [1.807, 2.05) is 0 Å². The van der Waals surface area contributed by atoms with Crippen LogP contribution in [-0.4, -0.2) is 10.4 Å². The molecule has 2 aromatic rings. The van der Waals surface area contributed by atoms with Gasteiger partial charge in [-0.25, -0.2) is 4.39 Å². The Labute approximate surface area is 110 Å². The molecule has 0 saturated carbocycles. The van der Waals surface area contributed by atoms with Gasteiger partial charge in [0.25, 0.3) is 5.56 Å². The number of carbonyl (C=O) groups excluding carboxylic acids is 1. The van der Waals surface area contributed by atoms with Gasteiger partial charge >= 0.3 is 0 Å². The maximum Gasteiger partial charge on any atom is 0.253 e. The topological polar surface area (TPSA) is 39.1 Å². The summed E-state index contributed by atoms with van der Waals surface area (Å²) in [5.41, 5.74) is 1.23. The molecule has 0 fully saturated rings. The number of halogens is 1. The van der Waals surface area contributed by atoms with Crippen molar-refractivity contribution in [3.05, 3.63) is 69.4 Å². The molecule has 0 bridgehead atoms. The van der Waals surface area contributed by atoms with Crippen LogP contribution in [0.25, 0.3) is 0 Å². The number of aryl methyl sites for hydroxylation is 2. The minimum absolute atomic E-state index is 0.0361. The number of pyridine rings is 1. The van der Waals surface area contributed by atoms with Crippen LogP contribution >= 0.6 is 0 Å². The zero-order valence-corrected chi connectivity index (χ0v) is 10.8. The lowest BCUT2D eigenvalue weighted by Crippen LogP contribution is -2.25. The van der Waals surface area contributed by atoms with Crippen molar-refractivity contribution in [2.24, 2.45) is 0 Å². The van der Waals surface area contributed by atoms with E-state index in [-0.39, 0.29) is 23.7 Å². The first kappa shape index (κ1) is 13.2. The predicted octanol–water partition coefficient (Wildman–Crippen LogP) is 2.49. The number of ketones is 1. The minimum atomic E-state index is -0.343. The van der Waals surface area contributed by atoms with E-state index < -0.39 is 0 Å². The monoisotopic (exact) mass is 259 g/mol. The van der Waals surface area contributed by atoms with E-state index in [0.717, 1.165) is 0 Å². The standard InChI is InChI=1S/C15H14FNO2/c1-10-4-3-7-17(15(10)19)9-14(18)12-5-6-13(16)11(2)8-12/h3-8H,9H2,1-2H3. The van der Waals surface area contributed by atoms with Crippen LogP contribution in [-0.2, 0) is 6.54 Å². The Bertz CT molecular complexity index is 689. The highest BCUT2D eigenvalue weighted by Gasteiger charge is 2.10. The second-order valence-corrected chi connectivity index (χ2v) is 4.51. The summed E-state index contributed by atoms with van der Waals surface area (Å²) in [4.78, 5) is 23.9. The van der Waals surface area contributed by atoms with Crippen molar-refractivity contribution in [3.8, 4) is 0 Å². The number of benzene rings is 1. The van der Waals surface area contributed by atoms with Crippen LogP contribution < -0.4 is 5.56 Å². The minimum Gasteiger partial charge on any atom is -0.308 e. The van der Waals surface area contributed by atoms with Crippen molar-refractivity contribution in [1.29, 1.82) is 0 Å². The Balaban J connectivity index is 2.28. The summed E-state index contributed by atoms with van der Waals surface area (Å²) < 4.78 is 14.5. The summed E-state index contributed by atoms with van der Waals surface area (Å²) in [6, 6.07) is 7.62. The first-order chi connectivity index (χ1) is 8.99. The van der Waals surface area contributed by atoms with E-state index in [4.69, 9.17) is 0 Å². The molecule has 0 atom stereocenters. The Kier molecular flexibility index (Phi) is 3.60. The van der Waals surface area contributed by atoms with Gasteiger partial charge in [0.2, 0.25) is 0 Å². The largest absolute Gasteiger partial charge is 0.308 e. The van der Waals surface area contributed by atoms with Gasteiger partial charge in [0.15, 0.2) is 5.78 Å². The molecule has 1 aromatic heterocycles. The average Bonchev–Trinajstić information content (AvgIpc) is 2.38. The Morgan fingerprint density at radius 1 is 1.21 bits per heavy atom. The highest BCUT2D eigenvalue weighted by Crippen LogP contribution is 2.10. The molecule has 0 N–H and O–H groups in total. The van der Waals surface area contributed by atoms with E-state index in [9.17, 15) is 14.0 Å². The van der Waals surface area contributed by atoms with Gasteiger partial charge in [-0.05, 0) is 43.7 Å². The molecule has 0 aliphatic carbocycles. The number of carbonyl (C=O) groups is 1. The van der Waals surface area contributed by atoms with Gasteiger partial charge < -0.3 is 4.57 Å². The van der Waals surface area contributed by atoms with Crippen LogP contribution in [0, 0.1) is 19.7 Å². The molecule has 3 nitrogen and oxygen atoms in total. The van der Waals surface area contributed by atoms with Crippen LogP contribution in [0.5, 0.6) is 0 Å². The zero-order chi connectivity index (χ0) is 14.0. The maximum atomic E-state index is 13.1. The molecule has 2 rings (SSSR count). The number of hydrogen-bond acceptors (Lipinski definition) is 2. The molecule has 19 heavy (non-hydrogen) atoms. The molecule has 1 aromatic carbocycles. The number of Topliss-reactive ketones (excluding diaryl/α,β-unsaturated/α-hetero) is 1. The van der Waals surface area contributed by atoms with Gasteiger partial charge in [0.1, 0.15) is 5.82 Å². The molecule has 0 spiro atoms. The quantitative estimate of drug-likeness (QED) is 0.794. The Hall–Kier alpha value is -2.23. The normalized spacial score (nSPS) is 10.5. The van der Waals surface area contributed by atoms with E-state index >= 15 is 0 Å². The van der Waals surface area contributed by atoms with Crippen molar-refractivity contribution in [1.82, 2.24) is 4.57 Å². The van der Waals surface area contributed by atoms with Crippen LogP contribution in [0.15, 0.2) is 41.3 Å². The summed E-state index contributed by atoms with van der Waals surface area (Å²) in [7, 11) is 0. The molecular weight excluding hydrogens is 245 g/mol. The first-order valence-corrected chi connectivity index (χ1v) is 5.94. The summed E-state index contributed by atoms with van der Waals surface area (Å²) in [6.07, 6.45) is 1.57. The smallest absolute Gasteiger partial charge is 0.253 e. The molecule has 0 saturated heterocycles. The summed E-state index contributed by atoms with van der Waals surface area (Å²) in [5.74, 6) is -0.555. The van der Waals surface area contributed by atoms with Crippen molar-refractivity contribution in [2.45, 2.75) is 20.4 Å². The van der Waals surface area contributed by atoms with Crippen molar-refractivity contribution in [2.75, 3.05) is 0 Å². The zero-order valence-electron chi connectivity index (χ0n) is 10.8. The molecule has 0 aliphatic rings. The predicted molar refractivity (Wildman–Crippen MR) is 70.9 cm³/mol. The van der Waals surface area contributed by atoms with Crippen molar-refractivity contribution < 1.29 is 9.18 Å². The SMILES string of the molecule is Cc1cc(C(=O)Cn2cccc(C)c2=O)ccc1F. The third-order valence-electron chi connectivity index (χ3n) is 3.00. The second kappa shape index (κ2) is 5.18. The average molecular weight is 259 g/mol. The fourth-order valence-electron chi connectivity index (χ4n) is 1.85.